The maximum Gasteiger partial charge on any atom is 0.261 e. The van der Waals surface area contributed by atoms with E-state index in [2.05, 4.69) is 5.32 Å². The van der Waals surface area contributed by atoms with Crippen LogP contribution in [0.2, 0.25) is 0 Å². The maximum absolute atomic E-state index is 12.8. The lowest BCUT2D eigenvalue weighted by Gasteiger charge is -2.13. The highest BCUT2D eigenvalue weighted by atomic mass is 16.3. The molecule has 4 rings (SSSR count). The largest absolute Gasteiger partial charge is 0.506 e. The van der Waals surface area contributed by atoms with E-state index < -0.39 is 11.8 Å². The summed E-state index contributed by atoms with van der Waals surface area (Å²) in [5.74, 6) is -1.33. The first kappa shape index (κ1) is 18.4. The highest BCUT2D eigenvalue weighted by molar-refractivity contribution is 6.22. The Labute approximate surface area is 167 Å². The average molecular weight is 386 g/mol. The van der Waals surface area contributed by atoms with Gasteiger partial charge in [0.25, 0.3) is 17.7 Å². The number of carbonyl (C=O) groups is 3. The van der Waals surface area contributed by atoms with E-state index in [0.29, 0.717) is 0 Å². The minimum atomic E-state index is -0.478. The Kier molecular flexibility index (Phi) is 4.60. The molecule has 0 bridgehead atoms. The number of fused-ring (bicyclic) bond motifs is 1. The Hall–Kier alpha value is -3.93. The molecule has 0 aromatic heterocycles. The molecule has 0 atom stereocenters. The molecule has 6 heteroatoms. The van der Waals surface area contributed by atoms with Crippen molar-refractivity contribution in [3.8, 4) is 5.75 Å². The Bertz CT molecular complexity index is 1140. The second kappa shape index (κ2) is 7.24. The van der Waals surface area contributed by atoms with Crippen molar-refractivity contribution in [2.24, 2.45) is 0 Å². The molecular formula is C23H18N2O4. The third kappa shape index (κ3) is 3.48. The molecule has 3 amide bonds. The molecule has 29 heavy (non-hydrogen) atoms. The second-order valence-electron chi connectivity index (χ2n) is 6.92. The third-order valence-corrected chi connectivity index (χ3v) is 4.82. The van der Waals surface area contributed by atoms with Crippen molar-refractivity contribution in [1.82, 2.24) is 4.90 Å². The first-order valence-corrected chi connectivity index (χ1v) is 9.09. The molecule has 0 fully saturated rings. The Morgan fingerprint density at radius 3 is 2.38 bits per heavy atom. The van der Waals surface area contributed by atoms with E-state index in [9.17, 15) is 19.5 Å². The fourth-order valence-corrected chi connectivity index (χ4v) is 3.28. The molecule has 144 valence electrons. The zero-order valence-electron chi connectivity index (χ0n) is 15.7. The standard InChI is InChI=1S/C23H18N2O4/c1-14-7-10-19(20(26)11-14)24-21(27)16-8-9-17-18(12-16)23(29)25(22(17)28)13-15-5-3-2-4-6-15/h2-12,26H,13H2,1H3,(H,24,27). The summed E-state index contributed by atoms with van der Waals surface area (Å²) in [4.78, 5) is 39.2. The van der Waals surface area contributed by atoms with Crippen molar-refractivity contribution < 1.29 is 19.5 Å². The first-order chi connectivity index (χ1) is 13.9. The Morgan fingerprint density at radius 1 is 0.931 bits per heavy atom. The molecule has 1 aliphatic heterocycles. The van der Waals surface area contributed by atoms with Crippen molar-refractivity contribution in [3.63, 3.8) is 0 Å². The molecule has 0 spiro atoms. The van der Waals surface area contributed by atoms with Crippen LogP contribution in [-0.4, -0.2) is 27.7 Å². The van der Waals surface area contributed by atoms with E-state index in [1.165, 1.54) is 23.1 Å². The molecule has 0 aliphatic carbocycles. The molecular weight excluding hydrogens is 368 g/mol. The van der Waals surface area contributed by atoms with Crippen LogP contribution in [0.15, 0.2) is 66.7 Å². The lowest BCUT2D eigenvalue weighted by molar-refractivity contribution is 0.0642. The summed E-state index contributed by atoms with van der Waals surface area (Å²) in [6.07, 6.45) is 0. The maximum atomic E-state index is 12.8. The molecule has 0 unspecified atom stereocenters. The van der Waals surface area contributed by atoms with Crippen molar-refractivity contribution in [2.75, 3.05) is 5.32 Å². The normalized spacial score (nSPS) is 12.8. The van der Waals surface area contributed by atoms with E-state index in [0.717, 1.165) is 11.1 Å². The fourth-order valence-electron chi connectivity index (χ4n) is 3.28. The quantitative estimate of drug-likeness (QED) is 0.528. The van der Waals surface area contributed by atoms with Crippen LogP contribution in [0, 0.1) is 6.92 Å². The summed E-state index contributed by atoms with van der Waals surface area (Å²) in [5, 5.41) is 12.6. The summed E-state index contributed by atoms with van der Waals surface area (Å²) in [5.41, 5.74) is 2.68. The number of nitrogens with one attached hydrogen (secondary N) is 1. The summed E-state index contributed by atoms with van der Waals surface area (Å²) < 4.78 is 0. The molecule has 0 saturated heterocycles. The number of rotatable bonds is 4. The van der Waals surface area contributed by atoms with Crippen LogP contribution in [0.25, 0.3) is 0 Å². The molecule has 0 saturated carbocycles. The first-order valence-electron chi connectivity index (χ1n) is 9.09. The molecule has 2 N–H and O–H groups in total. The minimum absolute atomic E-state index is 0.0419. The highest BCUT2D eigenvalue weighted by Crippen LogP contribution is 2.27. The van der Waals surface area contributed by atoms with E-state index in [1.807, 2.05) is 37.3 Å². The van der Waals surface area contributed by atoms with Crippen LogP contribution in [-0.2, 0) is 6.54 Å². The number of phenolic OH excluding ortho intramolecular Hbond substituents is 1. The van der Waals surface area contributed by atoms with E-state index >= 15 is 0 Å². The number of benzene rings is 3. The van der Waals surface area contributed by atoms with Gasteiger partial charge in [-0.1, -0.05) is 36.4 Å². The monoisotopic (exact) mass is 386 g/mol. The van der Waals surface area contributed by atoms with Gasteiger partial charge >= 0.3 is 0 Å². The van der Waals surface area contributed by atoms with E-state index in [1.54, 1.807) is 18.2 Å². The van der Waals surface area contributed by atoms with Crippen LogP contribution in [0.5, 0.6) is 5.75 Å². The number of hydrogen-bond acceptors (Lipinski definition) is 4. The number of imide groups is 1. The number of nitrogens with zero attached hydrogens (tertiary/aromatic N) is 1. The van der Waals surface area contributed by atoms with Gasteiger partial charge in [0.05, 0.1) is 23.4 Å². The minimum Gasteiger partial charge on any atom is -0.506 e. The van der Waals surface area contributed by atoms with Crippen molar-refractivity contribution in [1.29, 1.82) is 0 Å². The van der Waals surface area contributed by atoms with Crippen molar-refractivity contribution in [2.45, 2.75) is 13.5 Å². The van der Waals surface area contributed by atoms with Gasteiger partial charge in [0.15, 0.2) is 0 Å². The van der Waals surface area contributed by atoms with Gasteiger partial charge in [-0.05, 0) is 48.4 Å². The van der Waals surface area contributed by atoms with E-state index in [4.69, 9.17) is 0 Å². The van der Waals surface area contributed by atoms with Crippen molar-refractivity contribution >= 4 is 23.4 Å². The highest BCUT2D eigenvalue weighted by Gasteiger charge is 2.36. The van der Waals surface area contributed by atoms with Gasteiger partial charge in [0.1, 0.15) is 5.75 Å². The van der Waals surface area contributed by atoms with Crippen molar-refractivity contribution in [3.05, 3.63) is 94.5 Å². The SMILES string of the molecule is Cc1ccc(NC(=O)c2ccc3c(c2)C(=O)N(Cc2ccccc2)C3=O)c(O)c1. The number of aromatic hydroxyl groups is 1. The number of hydrogen-bond donors (Lipinski definition) is 2. The summed E-state index contributed by atoms with van der Waals surface area (Å²) in [6, 6.07) is 18.6. The molecule has 0 radical (unpaired) electrons. The predicted molar refractivity (Wildman–Crippen MR) is 108 cm³/mol. The summed E-state index contributed by atoms with van der Waals surface area (Å²) in [6.45, 7) is 2.00. The van der Waals surface area contributed by atoms with Gasteiger partial charge in [-0.2, -0.15) is 0 Å². The van der Waals surface area contributed by atoms with Crippen LogP contribution in [0.4, 0.5) is 5.69 Å². The average Bonchev–Trinajstić information content (AvgIpc) is 2.95. The summed E-state index contributed by atoms with van der Waals surface area (Å²) >= 11 is 0. The molecule has 6 nitrogen and oxygen atoms in total. The third-order valence-electron chi connectivity index (χ3n) is 4.82. The smallest absolute Gasteiger partial charge is 0.261 e. The van der Waals surface area contributed by atoms with E-state index in [-0.39, 0.29) is 40.6 Å². The van der Waals surface area contributed by atoms with Gasteiger partial charge in [-0.15, -0.1) is 0 Å². The fraction of sp³-hybridized carbons (Fsp3) is 0.0870. The zero-order valence-corrected chi connectivity index (χ0v) is 15.7. The molecule has 1 heterocycles. The predicted octanol–water partition coefficient (Wildman–Crippen LogP) is 3.75. The molecule has 3 aromatic rings. The van der Waals surface area contributed by atoms with Crippen LogP contribution >= 0.6 is 0 Å². The van der Waals surface area contributed by atoms with Crippen LogP contribution in [0.1, 0.15) is 42.2 Å². The van der Waals surface area contributed by atoms with Crippen LogP contribution in [0.3, 0.4) is 0 Å². The molecule has 3 aromatic carbocycles. The number of carbonyl (C=O) groups excluding carboxylic acids is 3. The number of phenols is 1. The molecule has 1 aliphatic rings. The van der Waals surface area contributed by atoms with Gasteiger partial charge in [0, 0.05) is 5.56 Å². The number of aryl methyl sites for hydroxylation is 1. The number of amides is 3. The Morgan fingerprint density at radius 2 is 1.66 bits per heavy atom. The van der Waals surface area contributed by atoms with Gasteiger partial charge < -0.3 is 10.4 Å². The zero-order chi connectivity index (χ0) is 20.5. The summed E-state index contributed by atoms with van der Waals surface area (Å²) in [7, 11) is 0. The van der Waals surface area contributed by atoms with Crippen LogP contribution < -0.4 is 5.32 Å². The lowest BCUT2D eigenvalue weighted by Crippen LogP contribution is -2.29. The second-order valence-corrected chi connectivity index (χ2v) is 6.92. The topological polar surface area (TPSA) is 86.7 Å². The number of anilines is 1. The van der Waals surface area contributed by atoms with Gasteiger partial charge in [-0.3, -0.25) is 19.3 Å². The van der Waals surface area contributed by atoms with Gasteiger partial charge in [0.2, 0.25) is 0 Å². The van der Waals surface area contributed by atoms with Gasteiger partial charge in [-0.25, -0.2) is 0 Å². The lowest BCUT2D eigenvalue weighted by atomic mass is 10.1. The Balaban J connectivity index is 1.57.